The van der Waals surface area contributed by atoms with Gasteiger partial charge in [0.25, 0.3) is 0 Å². The molecule has 0 spiro atoms. The Kier molecular flexibility index (Phi) is 7.97. The molecule has 0 aliphatic carbocycles. The summed E-state index contributed by atoms with van der Waals surface area (Å²) in [5.74, 6) is -0.259. The fraction of sp³-hybridized carbons (Fsp3) is 0.833. The maximum atomic E-state index is 11.6. The van der Waals surface area contributed by atoms with E-state index in [4.69, 9.17) is 5.73 Å². The minimum atomic E-state index is -0.414. The summed E-state index contributed by atoms with van der Waals surface area (Å²) in [5, 5.41) is 4.93. The van der Waals surface area contributed by atoms with E-state index in [9.17, 15) is 9.59 Å². The van der Waals surface area contributed by atoms with E-state index in [0.717, 1.165) is 25.9 Å². The summed E-state index contributed by atoms with van der Waals surface area (Å²) in [6.07, 6.45) is 1.85. The second-order valence-corrected chi connectivity index (χ2v) is 5.28. The summed E-state index contributed by atoms with van der Waals surface area (Å²) in [4.78, 5) is 25.0. The van der Waals surface area contributed by atoms with Crippen molar-refractivity contribution in [2.75, 3.05) is 32.7 Å². The van der Waals surface area contributed by atoms with Gasteiger partial charge in [0, 0.05) is 13.1 Å². The minimum Gasteiger partial charge on any atom is -0.338 e. The fourth-order valence-corrected chi connectivity index (χ4v) is 2.08. The van der Waals surface area contributed by atoms with E-state index in [2.05, 4.69) is 17.6 Å². The second kappa shape index (κ2) is 8.35. The molecule has 4 N–H and O–H groups in total. The predicted molar refractivity (Wildman–Crippen MR) is 77.3 cm³/mol. The van der Waals surface area contributed by atoms with E-state index >= 15 is 0 Å². The number of amides is 3. The van der Waals surface area contributed by atoms with Gasteiger partial charge in [0.2, 0.25) is 5.91 Å². The number of carbonyl (C=O) groups is 2. The van der Waals surface area contributed by atoms with Gasteiger partial charge in [0.1, 0.15) is 0 Å². The first-order valence-corrected chi connectivity index (χ1v) is 6.49. The molecule has 1 fully saturated rings. The Hall–Kier alpha value is -0.850. The molecule has 1 unspecified atom stereocenters. The van der Waals surface area contributed by atoms with Crippen molar-refractivity contribution in [3.05, 3.63) is 0 Å². The zero-order chi connectivity index (χ0) is 13.6. The molecular weight excluding hydrogens is 268 g/mol. The number of hydrogen-bond acceptors (Lipinski definition) is 4. The average Bonchev–Trinajstić information content (AvgIpc) is 2.69. The highest BCUT2D eigenvalue weighted by Gasteiger charge is 2.33. The molecule has 19 heavy (non-hydrogen) atoms. The van der Waals surface area contributed by atoms with Crippen LogP contribution in [-0.4, -0.2) is 49.6 Å². The van der Waals surface area contributed by atoms with Gasteiger partial charge < -0.3 is 11.1 Å². The lowest BCUT2D eigenvalue weighted by atomic mass is 9.90. The van der Waals surface area contributed by atoms with Gasteiger partial charge in [-0.05, 0) is 31.3 Å². The topological polar surface area (TPSA) is 87.5 Å². The van der Waals surface area contributed by atoms with Crippen LogP contribution in [0.1, 0.15) is 26.7 Å². The predicted octanol–water partition coefficient (Wildman–Crippen LogP) is 0.315. The molecule has 3 amide bonds. The third-order valence-corrected chi connectivity index (χ3v) is 3.29. The van der Waals surface area contributed by atoms with E-state index < -0.39 is 6.03 Å². The number of nitrogens with zero attached hydrogens (tertiary/aromatic N) is 1. The van der Waals surface area contributed by atoms with Crippen LogP contribution >= 0.6 is 12.4 Å². The SMILES string of the molecule is CCCNC(=O)NC(=O)CN1CCC(C)(CN)C1.Cl. The van der Waals surface area contributed by atoms with Crippen molar-refractivity contribution in [2.45, 2.75) is 26.7 Å². The average molecular weight is 293 g/mol. The number of nitrogens with one attached hydrogen (secondary N) is 2. The molecule has 1 atom stereocenters. The van der Waals surface area contributed by atoms with Crippen LogP contribution in [0.15, 0.2) is 0 Å². The first-order chi connectivity index (χ1) is 8.49. The minimum absolute atomic E-state index is 0. The number of nitrogens with two attached hydrogens (primary N) is 1. The summed E-state index contributed by atoms with van der Waals surface area (Å²) in [6.45, 7) is 7.22. The largest absolute Gasteiger partial charge is 0.338 e. The summed E-state index contributed by atoms with van der Waals surface area (Å²) in [7, 11) is 0. The van der Waals surface area contributed by atoms with Crippen molar-refractivity contribution in [3.63, 3.8) is 0 Å². The smallest absolute Gasteiger partial charge is 0.321 e. The molecule has 0 radical (unpaired) electrons. The third-order valence-electron chi connectivity index (χ3n) is 3.29. The van der Waals surface area contributed by atoms with E-state index in [1.54, 1.807) is 0 Å². The van der Waals surface area contributed by atoms with E-state index in [1.165, 1.54) is 0 Å². The summed E-state index contributed by atoms with van der Waals surface area (Å²) in [6, 6.07) is -0.414. The first kappa shape index (κ1) is 18.1. The van der Waals surface area contributed by atoms with E-state index in [1.807, 2.05) is 11.8 Å². The number of urea groups is 1. The Morgan fingerprint density at radius 3 is 2.63 bits per heavy atom. The zero-order valence-corrected chi connectivity index (χ0v) is 12.5. The molecule has 0 saturated carbocycles. The summed E-state index contributed by atoms with van der Waals surface area (Å²) in [5.41, 5.74) is 5.81. The third kappa shape index (κ3) is 6.22. The number of carbonyl (C=O) groups excluding carboxylic acids is 2. The highest BCUT2D eigenvalue weighted by molar-refractivity contribution is 5.95. The van der Waals surface area contributed by atoms with Gasteiger partial charge in [0.05, 0.1) is 6.54 Å². The molecule has 0 aromatic heterocycles. The Labute approximate surface area is 120 Å². The molecular formula is C12H25ClN4O2. The summed E-state index contributed by atoms with van der Waals surface area (Å²) < 4.78 is 0. The summed E-state index contributed by atoms with van der Waals surface area (Å²) >= 11 is 0. The van der Waals surface area contributed by atoms with Gasteiger partial charge in [-0.1, -0.05) is 13.8 Å². The lowest BCUT2D eigenvalue weighted by Gasteiger charge is -2.22. The number of rotatable bonds is 5. The maximum absolute atomic E-state index is 11.6. The molecule has 6 nitrogen and oxygen atoms in total. The Morgan fingerprint density at radius 2 is 2.11 bits per heavy atom. The van der Waals surface area contributed by atoms with Crippen LogP contribution in [0.5, 0.6) is 0 Å². The van der Waals surface area contributed by atoms with Crippen LogP contribution in [0, 0.1) is 5.41 Å². The standard InChI is InChI=1S/C12H24N4O2.ClH/c1-3-5-14-11(18)15-10(17)7-16-6-4-12(2,8-13)9-16;/h3-9,13H2,1-2H3,(H2,14,15,17,18);1H. The molecule has 0 bridgehead atoms. The van der Waals surface area contributed by atoms with Gasteiger partial charge in [0.15, 0.2) is 0 Å². The second-order valence-electron chi connectivity index (χ2n) is 5.28. The van der Waals surface area contributed by atoms with Crippen LogP contribution in [-0.2, 0) is 4.79 Å². The molecule has 7 heteroatoms. The normalized spacial score (nSPS) is 22.7. The van der Waals surface area contributed by atoms with E-state index in [-0.39, 0.29) is 30.3 Å². The van der Waals surface area contributed by atoms with Crippen molar-refractivity contribution in [1.82, 2.24) is 15.5 Å². The molecule has 1 heterocycles. The lowest BCUT2D eigenvalue weighted by molar-refractivity contribution is -0.121. The van der Waals surface area contributed by atoms with Crippen LogP contribution in [0.25, 0.3) is 0 Å². The molecule has 1 saturated heterocycles. The van der Waals surface area contributed by atoms with Crippen LogP contribution in [0.2, 0.25) is 0 Å². The van der Waals surface area contributed by atoms with Gasteiger partial charge in [-0.15, -0.1) is 12.4 Å². The van der Waals surface area contributed by atoms with Crippen molar-refractivity contribution >= 4 is 24.3 Å². The number of halogens is 1. The zero-order valence-electron chi connectivity index (χ0n) is 11.7. The highest BCUT2D eigenvalue weighted by Crippen LogP contribution is 2.27. The molecule has 1 rings (SSSR count). The van der Waals surface area contributed by atoms with Gasteiger partial charge in [-0.3, -0.25) is 15.0 Å². The number of likely N-dealkylation sites (tertiary alicyclic amines) is 1. The quantitative estimate of drug-likeness (QED) is 0.681. The van der Waals surface area contributed by atoms with Crippen molar-refractivity contribution in [1.29, 1.82) is 0 Å². The maximum Gasteiger partial charge on any atom is 0.321 e. The van der Waals surface area contributed by atoms with E-state index in [0.29, 0.717) is 13.1 Å². The first-order valence-electron chi connectivity index (χ1n) is 6.49. The van der Waals surface area contributed by atoms with Crippen molar-refractivity contribution < 1.29 is 9.59 Å². The molecule has 112 valence electrons. The highest BCUT2D eigenvalue weighted by atomic mass is 35.5. The van der Waals surface area contributed by atoms with Crippen LogP contribution < -0.4 is 16.4 Å². The molecule has 0 aromatic rings. The number of hydrogen-bond donors (Lipinski definition) is 3. The molecule has 0 aromatic carbocycles. The van der Waals surface area contributed by atoms with Gasteiger partial charge in [-0.25, -0.2) is 4.79 Å². The van der Waals surface area contributed by atoms with Crippen LogP contribution in [0.3, 0.4) is 0 Å². The molecule has 1 aliphatic heterocycles. The Balaban J connectivity index is 0.00000324. The molecule has 1 aliphatic rings. The Morgan fingerprint density at radius 1 is 1.42 bits per heavy atom. The van der Waals surface area contributed by atoms with Gasteiger partial charge >= 0.3 is 6.03 Å². The van der Waals surface area contributed by atoms with Gasteiger partial charge in [-0.2, -0.15) is 0 Å². The van der Waals surface area contributed by atoms with Crippen LogP contribution in [0.4, 0.5) is 4.79 Å². The monoisotopic (exact) mass is 292 g/mol. The lowest BCUT2D eigenvalue weighted by Crippen LogP contribution is -2.44. The fourth-order valence-electron chi connectivity index (χ4n) is 2.08. The Bertz CT molecular complexity index is 314. The number of imide groups is 1. The van der Waals surface area contributed by atoms with Crippen molar-refractivity contribution in [3.8, 4) is 0 Å². The van der Waals surface area contributed by atoms with Crippen molar-refractivity contribution in [2.24, 2.45) is 11.1 Å².